The average Bonchev–Trinajstić information content (AvgIpc) is 0.726. The number of fused-ring (bicyclic) bond motifs is 6. The quantitative estimate of drug-likeness (QED) is 0.101. The number of benzene rings is 21. The molecule has 0 fully saturated rings. The number of rotatable bonds is 15. The Balaban J connectivity index is 0.000000121. The lowest BCUT2D eigenvalue weighted by Gasteiger charge is -2.42. The van der Waals surface area contributed by atoms with Crippen LogP contribution in [0.1, 0.15) is 74.9 Å². The van der Waals surface area contributed by atoms with Crippen LogP contribution in [0.2, 0.25) is 0 Å². The van der Waals surface area contributed by atoms with Gasteiger partial charge in [-0.3, -0.25) is 0 Å². The molecule has 0 saturated heterocycles. The maximum atomic E-state index is 2.45. The van der Waals surface area contributed by atoms with Crippen LogP contribution in [0.25, 0.3) is 134 Å². The zero-order valence-electron chi connectivity index (χ0n) is 78.6. The van der Waals surface area contributed by atoms with Gasteiger partial charge in [-0.05, 0) is 276 Å². The molecule has 0 N–H and O–H groups in total. The number of hydrogen-bond donors (Lipinski definition) is 0. The zero-order valence-corrected chi connectivity index (χ0v) is 78.6. The minimum Gasteiger partial charge on any atom is -0.310 e. The van der Waals surface area contributed by atoms with Gasteiger partial charge in [0.1, 0.15) is 0 Å². The van der Waals surface area contributed by atoms with Gasteiger partial charge in [0.25, 0.3) is 0 Å². The minimum absolute atomic E-state index is 0.180. The fraction of sp³-hybridized carbons (Fsp3) is 0.0667. The lowest BCUT2D eigenvalue weighted by molar-refractivity contribution is 0.632. The van der Waals surface area contributed by atoms with Crippen LogP contribution < -0.4 is 14.7 Å². The molecule has 3 heterocycles. The van der Waals surface area contributed by atoms with Gasteiger partial charge in [0.15, 0.2) is 0 Å². The summed E-state index contributed by atoms with van der Waals surface area (Å²) in [6, 6.07) is 192. The van der Waals surface area contributed by atoms with Crippen molar-refractivity contribution in [3.63, 3.8) is 0 Å². The van der Waals surface area contributed by atoms with E-state index in [1.54, 1.807) is 0 Å². The molecule has 0 unspecified atom stereocenters. The molecule has 0 radical (unpaired) electrons. The van der Waals surface area contributed by atoms with E-state index in [9.17, 15) is 0 Å². The third-order valence-corrected chi connectivity index (χ3v) is 28.5. The van der Waals surface area contributed by atoms with Crippen molar-refractivity contribution in [2.45, 2.75) is 57.8 Å². The molecule has 21 aromatic carbocycles. The van der Waals surface area contributed by atoms with Crippen LogP contribution in [-0.4, -0.2) is 0 Å². The van der Waals surface area contributed by atoms with E-state index >= 15 is 0 Å². The number of anilines is 9. The largest absolute Gasteiger partial charge is 0.310 e. The van der Waals surface area contributed by atoms with E-state index in [0.717, 1.165) is 17.1 Å². The molecule has 0 spiro atoms. The molecule has 3 aliphatic rings. The molecule has 3 nitrogen and oxygen atoms in total. The van der Waals surface area contributed by atoms with Gasteiger partial charge in [-0.2, -0.15) is 0 Å². The van der Waals surface area contributed by atoms with Gasteiger partial charge in [0.05, 0.1) is 34.1 Å². The van der Waals surface area contributed by atoms with Crippen LogP contribution in [0.3, 0.4) is 0 Å². The first kappa shape index (κ1) is 86.4. The Morgan fingerprint density at radius 2 is 0.210 bits per heavy atom. The predicted molar refractivity (Wildman–Crippen MR) is 585 cm³/mol. The number of hydrogen-bond acceptors (Lipinski definition) is 3. The van der Waals surface area contributed by atoms with Crippen molar-refractivity contribution in [1.29, 1.82) is 0 Å². The molecule has 3 aliphatic heterocycles. The zero-order chi connectivity index (χ0) is 93.3. The molecule has 660 valence electrons. The van der Waals surface area contributed by atoms with Gasteiger partial charge in [0.2, 0.25) is 0 Å². The summed E-state index contributed by atoms with van der Waals surface area (Å²) in [5.74, 6) is 0. The van der Waals surface area contributed by atoms with E-state index < -0.39 is 0 Å². The van der Waals surface area contributed by atoms with Gasteiger partial charge in [0, 0.05) is 33.3 Å². The van der Waals surface area contributed by atoms with E-state index in [1.807, 2.05) is 0 Å². The minimum atomic E-state index is -0.245. The Bertz CT molecular complexity index is 7660. The summed E-state index contributed by atoms with van der Waals surface area (Å²) in [5, 5.41) is 0. The van der Waals surface area contributed by atoms with E-state index in [-0.39, 0.29) is 16.2 Å². The summed E-state index contributed by atoms with van der Waals surface area (Å²) in [5.41, 5.74) is 47.6. The van der Waals surface area contributed by atoms with E-state index in [1.165, 1.54) is 201 Å². The van der Waals surface area contributed by atoms with Crippen molar-refractivity contribution < 1.29 is 0 Å². The summed E-state index contributed by atoms with van der Waals surface area (Å²) in [4.78, 5) is 7.34. The van der Waals surface area contributed by atoms with Gasteiger partial charge in [-0.25, -0.2) is 0 Å². The van der Waals surface area contributed by atoms with Gasteiger partial charge in [-0.1, -0.05) is 460 Å². The molecule has 138 heavy (non-hydrogen) atoms. The van der Waals surface area contributed by atoms with Crippen molar-refractivity contribution >= 4 is 51.2 Å². The Labute approximate surface area is 812 Å². The first-order chi connectivity index (χ1) is 67.7. The van der Waals surface area contributed by atoms with Crippen molar-refractivity contribution in [1.82, 2.24) is 0 Å². The standard InChI is InChI=1S/C51H39N.C45H35N.C39H31N/c1-51(2)47-34-44(42-22-18-39(19-23-42)36-12-6-3-7-13-36)28-32-49(47)52(46-30-26-41(27-31-46)38-16-10-5-11-17-38)50-33-29-45(35-48(50)51)43-24-20-40(21-25-43)37-14-8-4-9-15-37;1-45(2)41-30-38(34-16-10-5-11-17-34)24-28-43(41)46(40-26-22-36(23-27-40)33-14-8-4-9-15-33)44-29-25-39(31-42(44)45)37-20-18-35(19-21-37)32-12-6-3-7-13-32;1-39(2)35-26-32(29-14-8-4-9-15-29)20-24-37(35)40(34-22-18-31(19-23-34)28-12-6-3-7-13-28)38-25-21-33(27-36(38)39)30-16-10-5-11-17-30/h3-35H,1-2H3;3-31H,1-2H3;3-27H,1-2H3. The molecule has 0 saturated carbocycles. The summed E-state index contributed by atoms with van der Waals surface area (Å²) < 4.78 is 0. The Hall–Kier alpha value is -17.0. The fourth-order valence-corrected chi connectivity index (χ4v) is 20.8. The Morgan fingerprint density at radius 3 is 0.348 bits per heavy atom. The molecule has 21 aromatic rings. The van der Waals surface area contributed by atoms with E-state index in [4.69, 9.17) is 0 Å². The Morgan fingerprint density at radius 1 is 0.109 bits per heavy atom. The van der Waals surface area contributed by atoms with Crippen LogP contribution in [0.15, 0.2) is 528 Å². The van der Waals surface area contributed by atoms with Crippen molar-refractivity contribution in [2.24, 2.45) is 0 Å². The smallest absolute Gasteiger partial charge is 0.0503 e. The first-order valence-electron chi connectivity index (χ1n) is 48.1. The highest BCUT2D eigenvalue weighted by Gasteiger charge is 2.41. The fourth-order valence-electron chi connectivity index (χ4n) is 20.8. The molecule has 24 rings (SSSR count). The lowest BCUT2D eigenvalue weighted by Crippen LogP contribution is -2.30. The number of nitrogens with zero attached hydrogens (tertiary/aromatic N) is 3. The maximum Gasteiger partial charge on any atom is 0.0503 e. The van der Waals surface area contributed by atoms with Gasteiger partial charge < -0.3 is 14.7 Å². The molecule has 0 amide bonds. The van der Waals surface area contributed by atoms with E-state index in [2.05, 4.69) is 584 Å². The van der Waals surface area contributed by atoms with Gasteiger partial charge in [-0.15, -0.1) is 0 Å². The highest BCUT2D eigenvalue weighted by atomic mass is 15.2. The van der Waals surface area contributed by atoms with Gasteiger partial charge >= 0.3 is 0 Å². The normalized spacial score (nSPS) is 13.1. The second-order valence-corrected chi connectivity index (χ2v) is 37.9. The SMILES string of the molecule is CC1(C)c2cc(-c3ccc(-c4ccccc4)cc3)ccc2N(c2ccc(-c3ccccc3)cc2)c2ccc(-c3ccc(-c4ccccc4)cc3)cc21.CC1(C)c2cc(-c3ccccc3)ccc2N(c2ccc(-c3ccccc3)cc2)c2ccc(-c3ccc(-c4ccccc4)cc3)cc21.CC1(C)c2cc(-c3ccccc3)ccc2N(c2ccc(-c3ccccc3)cc2)c2ccc(-c3ccccc3)cc21. The molecule has 0 atom stereocenters. The second-order valence-electron chi connectivity index (χ2n) is 37.9. The van der Waals surface area contributed by atoms with Crippen molar-refractivity contribution in [3.8, 4) is 134 Å². The molecule has 0 aromatic heterocycles. The summed E-state index contributed by atoms with van der Waals surface area (Å²) in [6.45, 7) is 14.2. The molecule has 0 aliphatic carbocycles. The highest BCUT2D eigenvalue weighted by molar-refractivity contribution is 5.95. The maximum absolute atomic E-state index is 2.45. The van der Waals surface area contributed by atoms with Crippen molar-refractivity contribution in [3.05, 3.63) is 561 Å². The topological polar surface area (TPSA) is 9.72 Å². The van der Waals surface area contributed by atoms with Crippen LogP contribution >= 0.6 is 0 Å². The first-order valence-corrected chi connectivity index (χ1v) is 48.1. The lowest BCUT2D eigenvalue weighted by atomic mass is 9.72. The third-order valence-electron chi connectivity index (χ3n) is 28.5. The van der Waals surface area contributed by atoms with Crippen LogP contribution in [0.4, 0.5) is 51.2 Å². The average molecular weight is 1770 g/mol. The van der Waals surface area contributed by atoms with Crippen molar-refractivity contribution in [2.75, 3.05) is 14.7 Å². The predicted octanol–water partition coefficient (Wildman–Crippen LogP) is 37.4. The molecular weight excluding hydrogens is 1660 g/mol. The third kappa shape index (κ3) is 16.9. The highest BCUT2D eigenvalue weighted by Crippen LogP contribution is 2.58. The summed E-state index contributed by atoms with van der Waals surface area (Å²) >= 11 is 0. The Kier molecular flexibility index (Phi) is 23.2. The summed E-state index contributed by atoms with van der Waals surface area (Å²) in [6.07, 6.45) is 0. The van der Waals surface area contributed by atoms with Crippen LogP contribution in [-0.2, 0) is 16.2 Å². The van der Waals surface area contributed by atoms with Crippen LogP contribution in [0.5, 0.6) is 0 Å². The molecule has 3 heteroatoms. The monoisotopic (exact) mass is 1770 g/mol. The summed E-state index contributed by atoms with van der Waals surface area (Å²) in [7, 11) is 0. The molecular formula is C135H105N3. The molecule has 0 bridgehead atoms. The van der Waals surface area contributed by atoms with Crippen LogP contribution in [0, 0.1) is 0 Å². The second kappa shape index (κ2) is 37.1. The van der Waals surface area contributed by atoms with E-state index in [0.29, 0.717) is 0 Å².